The summed E-state index contributed by atoms with van der Waals surface area (Å²) in [6.45, 7) is 1.92. The average molecular weight is 437 g/mol. The van der Waals surface area contributed by atoms with Crippen molar-refractivity contribution in [2.45, 2.75) is 89.3 Å². The molecular weight excluding hydrogens is 400 g/mol. The van der Waals surface area contributed by atoms with E-state index in [2.05, 4.69) is 4.90 Å². The number of amides is 1. The van der Waals surface area contributed by atoms with Crippen LogP contribution >= 0.6 is 0 Å². The van der Waals surface area contributed by atoms with Crippen LogP contribution in [0.4, 0.5) is 5.69 Å². The van der Waals surface area contributed by atoms with Gasteiger partial charge in [0.2, 0.25) is 5.91 Å². The number of anilines is 1. The minimum atomic E-state index is -0.979. The van der Waals surface area contributed by atoms with Crippen LogP contribution in [0.2, 0.25) is 0 Å². The Morgan fingerprint density at radius 1 is 0.875 bits per heavy atom. The van der Waals surface area contributed by atoms with Crippen LogP contribution in [0.25, 0.3) is 10.8 Å². The lowest BCUT2D eigenvalue weighted by atomic mass is 9.88. The lowest BCUT2D eigenvalue weighted by Crippen LogP contribution is -2.53. The molecule has 4 rings (SSSR count). The molecule has 0 unspecified atom stereocenters. The summed E-state index contributed by atoms with van der Waals surface area (Å²) in [4.78, 5) is 29.9. The van der Waals surface area contributed by atoms with Gasteiger partial charge in [-0.25, -0.2) is 4.79 Å². The molecule has 1 N–H and O–H groups in total. The van der Waals surface area contributed by atoms with Gasteiger partial charge < -0.3 is 5.11 Å². The first-order valence-corrected chi connectivity index (χ1v) is 12.3. The van der Waals surface area contributed by atoms with E-state index in [-0.39, 0.29) is 5.91 Å². The minimum Gasteiger partial charge on any atom is -0.480 e. The van der Waals surface area contributed by atoms with Gasteiger partial charge in [0.25, 0.3) is 0 Å². The third kappa shape index (κ3) is 4.98. The molecule has 32 heavy (non-hydrogen) atoms. The largest absolute Gasteiger partial charge is 0.480 e. The maximum atomic E-state index is 13.8. The van der Waals surface area contributed by atoms with Crippen molar-refractivity contribution in [2.75, 3.05) is 11.4 Å². The number of fused-ring (bicyclic) bond motifs is 1. The first-order valence-electron chi connectivity index (χ1n) is 12.3. The van der Waals surface area contributed by atoms with Gasteiger partial charge in [-0.1, -0.05) is 74.9 Å². The fourth-order valence-electron chi connectivity index (χ4n) is 5.70. The Morgan fingerprint density at radius 2 is 1.44 bits per heavy atom. The van der Waals surface area contributed by atoms with E-state index in [9.17, 15) is 14.7 Å². The third-order valence-corrected chi connectivity index (χ3v) is 7.44. The number of hydrogen-bond acceptors (Lipinski definition) is 3. The molecule has 2 aliphatic rings. The first-order chi connectivity index (χ1) is 15.6. The Hall–Kier alpha value is -2.40. The average Bonchev–Trinajstić information content (AvgIpc) is 2.84. The molecule has 0 bridgehead atoms. The van der Waals surface area contributed by atoms with E-state index in [1.807, 2.05) is 42.5 Å². The molecular formula is C27H36N2O3. The summed E-state index contributed by atoms with van der Waals surface area (Å²) in [5.41, 5.74) is 0.690. The number of hydrogen-bond donors (Lipinski definition) is 1. The van der Waals surface area contributed by atoms with Gasteiger partial charge in [0.1, 0.15) is 6.04 Å². The highest BCUT2D eigenvalue weighted by molar-refractivity contribution is 6.07. The Labute approximate surface area is 191 Å². The molecule has 1 atom stereocenters. The van der Waals surface area contributed by atoms with Crippen LogP contribution in [0.5, 0.6) is 0 Å². The van der Waals surface area contributed by atoms with Crippen molar-refractivity contribution in [2.24, 2.45) is 0 Å². The Kier molecular flexibility index (Phi) is 7.46. The highest BCUT2D eigenvalue weighted by Gasteiger charge is 2.34. The van der Waals surface area contributed by atoms with Gasteiger partial charge in [-0.3, -0.25) is 14.6 Å². The number of rotatable bonds is 7. The Morgan fingerprint density at radius 3 is 2.03 bits per heavy atom. The summed E-state index contributed by atoms with van der Waals surface area (Å²) in [7, 11) is 0. The number of benzene rings is 2. The molecule has 2 saturated carbocycles. The standard InChI is InChI=1S/C27H36N2O3/c1-20(27(31)32)29(25-18-10-12-21-11-8-9-17-24(21)25)26(30)19-28(22-13-4-2-5-14-22)23-15-6-3-7-16-23/h8-12,17-18,20,22-23H,2-7,13-16,19H2,1H3,(H,31,32)/t20-/m0/s1. The number of carboxylic acids is 1. The molecule has 0 saturated heterocycles. The second kappa shape index (κ2) is 10.5. The van der Waals surface area contributed by atoms with Gasteiger partial charge in [0.05, 0.1) is 12.2 Å². The van der Waals surface area contributed by atoms with E-state index in [1.54, 1.807) is 6.92 Å². The molecule has 0 spiro atoms. The molecule has 0 heterocycles. The normalized spacial score (nSPS) is 19.2. The van der Waals surface area contributed by atoms with E-state index in [1.165, 1.54) is 43.4 Å². The van der Waals surface area contributed by atoms with Gasteiger partial charge in [-0.2, -0.15) is 0 Å². The number of aliphatic carboxylic acids is 1. The molecule has 2 aromatic carbocycles. The molecule has 5 heteroatoms. The Bertz CT molecular complexity index is 908. The zero-order valence-corrected chi connectivity index (χ0v) is 19.2. The topological polar surface area (TPSA) is 60.9 Å². The van der Waals surface area contributed by atoms with Crippen LogP contribution in [-0.4, -0.2) is 46.6 Å². The zero-order chi connectivity index (χ0) is 22.5. The van der Waals surface area contributed by atoms with E-state index >= 15 is 0 Å². The van der Waals surface area contributed by atoms with Crippen molar-refractivity contribution in [3.05, 3.63) is 42.5 Å². The fraction of sp³-hybridized carbons (Fsp3) is 0.556. The number of carbonyl (C=O) groups is 2. The molecule has 0 aromatic heterocycles. The molecule has 2 aromatic rings. The number of carbonyl (C=O) groups excluding carboxylic acids is 1. The van der Waals surface area contributed by atoms with Gasteiger partial charge in [0, 0.05) is 17.5 Å². The van der Waals surface area contributed by atoms with Crippen LogP contribution in [-0.2, 0) is 9.59 Å². The smallest absolute Gasteiger partial charge is 0.326 e. The highest BCUT2D eigenvalue weighted by atomic mass is 16.4. The molecule has 2 fully saturated rings. The van der Waals surface area contributed by atoms with Crippen LogP contribution < -0.4 is 4.90 Å². The molecule has 5 nitrogen and oxygen atoms in total. The van der Waals surface area contributed by atoms with Crippen LogP contribution in [0.15, 0.2) is 42.5 Å². The summed E-state index contributed by atoms with van der Waals surface area (Å²) >= 11 is 0. The van der Waals surface area contributed by atoms with E-state index in [0.29, 0.717) is 24.3 Å². The van der Waals surface area contributed by atoms with Crippen molar-refractivity contribution >= 4 is 28.3 Å². The van der Waals surface area contributed by atoms with Gasteiger partial charge in [0.15, 0.2) is 0 Å². The summed E-state index contributed by atoms with van der Waals surface area (Å²) in [6, 6.07) is 13.6. The summed E-state index contributed by atoms with van der Waals surface area (Å²) in [5, 5.41) is 11.8. The van der Waals surface area contributed by atoms with Crippen molar-refractivity contribution in [1.82, 2.24) is 4.90 Å². The van der Waals surface area contributed by atoms with Crippen molar-refractivity contribution in [3.8, 4) is 0 Å². The van der Waals surface area contributed by atoms with E-state index in [0.717, 1.165) is 36.5 Å². The fourth-order valence-corrected chi connectivity index (χ4v) is 5.70. The van der Waals surface area contributed by atoms with Crippen molar-refractivity contribution in [3.63, 3.8) is 0 Å². The van der Waals surface area contributed by atoms with E-state index < -0.39 is 12.0 Å². The predicted molar refractivity (Wildman–Crippen MR) is 129 cm³/mol. The monoisotopic (exact) mass is 436 g/mol. The molecule has 172 valence electrons. The molecule has 1 amide bonds. The molecule has 0 aliphatic heterocycles. The van der Waals surface area contributed by atoms with Crippen molar-refractivity contribution in [1.29, 1.82) is 0 Å². The molecule has 2 aliphatic carbocycles. The lowest BCUT2D eigenvalue weighted by molar-refractivity contribution is -0.140. The maximum absolute atomic E-state index is 13.8. The van der Waals surface area contributed by atoms with Crippen LogP contribution in [0, 0.1) is 0 Å². The predicted octanol–water partition coefficient (Wildman–Crippen LogP) is 5.61. The van der Waals surface area contributed by atoms with Gasteiger partial charge >= 0.3 is 5.97 Å². The first kappa shape index (κ1) is 22.8. The Balaban J connectivity index is 1.66. The summed E-state index contributed by atoms with van der Waals surface area (Å²) in [6.07, 6.45) is 12.0. The molecule has 0 radical (unpaired) electrons. The zero-order valence-electron chi connectivity index (χ0n) is 19.2. The number of nitrogens with zero attached hydrogens (tertiary/aromatic N) is 2. The second-order valence-corrected chi connectivity index (χ2v) is 9.53. The lowest BCUT2D eigenvalue weighted by Gasteiger charge is -2.42. The quantitative estimate of drug-likeness (QED) is 0.612. The maximum Gasteiger partial charge on any atom is 0.326 e. The van der Waals surface area contributed by atoms with Crippen LogP contribution in [0.1, 0.15) is 71.1 Å². The SMILES string of the molecule is C[C@@H](C(=O)O)N(C(=O)CN(C1CCCCC1)C1CCCCC1)c1cccc2ccccc12. The highest BCUT2D eigenvalue weighted by Crippen LogP contribution is 2.32. The second-order valence-electron chi connectivity index (χ2n) is 9.53. The summed E-state index contributed by atoms with van der Waals surface area (Å²) in [5.74, 6) is -1.08. The van der Waals surface area contributed by atoms with Gasteiger partial charge in [-0.15, -0.1) is 0 Å². The summed E-state index contributed by atoms with van der Waals surface area (Å²) < 4.78 is 0. The number of carboxylic acid groups (broad SMARTS) is 1. The van der Waals surface area contributed by atoms with E-state index in [4.69, 9.17) is 0 Å². The third-order valence-electron chi connectivity index (χ3n) is 7.44. The van der Waals surface area contributed by atoms with Crippen LogP contribution in [0.3, 0.4) is 0 Å². The van der Waals surface area contributed by atoms with Crippen molar-refractivity contribution < 1.29 is 14.7 Å². The van der Waals surface area contributed by atoms with Gasteiger partial charge in [-0.05, 0) is 44.1 Å². The minimum absolute atomic E-state index is 0.104.